The van der Waals surface area contributed by atoms with Crippen molar-refractivity contribution in [1.29, 1.82) is 0 Å². The Bertz CT molecular complexity index is 311. The van der Waals surface area contributed by atoms with Crippen molar-refractivity contribution >= 4 is 5.78 Å². The van der Waals surface area contributed by atoms with E-state index in [1.54, 1.807) is 0 Å². The third-order valence-corrected chi connectivity index (χ3v) is 2.70. The average molecular weight is 204 g/mol. The van der Waals surface area contributed by atoms with Crippen LogP contribution >= 0.6 is 0 Å². The van der Waals surface area contributed by atoms with Gasteiger partial charge in [-0.1, -0.05) is 58.0 Å². The van der Waals surface area contributed by atoms with E-state index in [0.29, 0.717) is 11.7 Å². The molecule has 1 unspecified atom stereocenters. The van der Waals surface area contributed by atoms with Crippen LogP contribution in [0.5, 0.6) is 0 Å². The smallest absolute Gasteiger partial charge is 0.143 e. The minimum Gasteiger partial charge on any atom is -0.299 e. The molecule has 0 saturated heterocycles. The van der Waals surface area contributed by atoms with Crippen molar-refractivity contribution in [3.05, 3.63) is 35.9 Å². The molecule has 0 N–H and O–H groups in total. The van der Waals surface area contributed by atoms with Crippen molar-refractivity contribution in [3.8, 4) is 0 Å². The lowest BCUT2D eigenvalue weighted by Gasteiger charge is -2.21. The van der Waals surface area contributed by atoms with E-state index in [1.807, 2.05) is 44.2 Å². The summed E-state index contributed by atoms with van der Waals surface area (Å²) < 4.78 is 0. The Morgan fingerprint density at radius 1 is 1.00 bits per heavy atom. The van der Waals surface area contributed by atoms with Gasteiger partial charge in [0.2, 0.25) is 0 Å². The maximum Gasteiger partial charge on any atom is 0.143 e. The summed E-state index contributed by atoms with van der Waals surface area (Å²) in [4.78, 5) is 12.1. The topological polar surface area (TPSA) is 17.1 Å². The van der Waals surface area contributed by atoms with Crippen molar-refractivity contribution in [2.24, 2.45) is 11.8 Å². The van der Waals surface area contributed by atoms with Crippen molar-refractivity contribution in [2.45, 2.75) is 33.6 Å². The summed E-state index contributed by atoms with van der Waals surface area (Å²) in [6, 6.07) is 10.1. The van der Waals surface area contributed by atoms with Crippen LogP contribution in [0.3, 0.4) is 0 Å². The molecule has 0 heterocycles. The second-order valence-corrected chi connectivity index (χ2v) is 4.69. The standard InChI is InChI=1S/C14H20O/c1-10(2)13(14(15)11(3)4)12-8-6-5-7-9-12/h5-11,13H,1-4H3. The fourth-order valence-corrected chi connectivity index (χ4v) is 1.90. The van der Waals surface area contributed by atoms with Gasteiger partial charge in [-0.25, -0.2) is 0 Å². The predicted molar refractivity (Wildman–Crippen MR) is 63.9 cm³/mol. The Morgan fingerprint density at radius 3 is 1.93 bits per heavy atom. The van der Waals surface area contributed by atoms with E-state index in [4.69, 9.17) is 0 Å². The maximum absolute atomic E-state index is 12.1. The van der Waals surface area contributed by atoms with E-state index < -0.39 is 0 Å². The highest BCUT2D eigenvalue weighted by Crippen LogP contribution is 2.27. The minimum atomic E-state index is 0.0474. The zero-order valence-corrected chi connectivity index (χ0v) is 10.0. The largest absolute Gasteiger partial charge is 0.299 e. The molecule has 0 aliphatic rings. The van der Waals surface area contributed by atoms with Crippen LogP contribution in [0.1, 0.15) is 39.2 Å². The highest BCUT2D eigenvalue weighted by Gasteiger charge is 2.25. The highest BCUT2D eigenvalue weighted by atomic mass is 16.1. The molecule has 1 heteroatoms. The van der Waals surface area contributed by atoms with Crippen LogP contribution in [0.4, 0.5) is 0 Å². The van der Waals surface area contributed by atoms with Gasteiger partial charge in [-0.3, -0.25) is 4.79 Å². The SMILES string of the molecule is CC(C)C(=O)C(c1ccccc1)C(C)C. The number of carbonyl (C=O) groups is 1. The van der Waals surface area contributed by atoms with Gasteiger partial charge in [0, 0.05) is 11.8 Å². The van der Waals surface area contributed by atoms with Gasteiger partial charge in [-0.15, -0.1) is 0 Å². The summed E-state index contributed by atoms with van der Waals surface area (Å²) in [6.45, 7) is 8.16. The average Bonchev–Trinajstić information content (AvgIpc) is 2.18. The molecule has 1 atom stereocenters. The van der Waals surface area contributed by atoms with E-state index in [2.05, 4.69) is 13.8 Å². The maximum atomic E-state index is 12.1. The number of ketones is 1. The molecular formula is C14H20O. The van der Waals surface area contributed by atoms with Crippen LogP contribution in [0.15, 0.2) is 30.3 Å². The van der Waals surface area contributed by atoms with E-state index >= 15 is 0 Å². The second kappa shape index (κ2) is 5.11. The molecule has 1 aromatic carbocycles. The van der Waals surface area contributed by atoms with Crippen molar-refractivity contribution in [2.75, 3.05) is 0 Å². The fraction of sp³-hybridized carbons (Fsp3) is 0.500. The lowest BCUT2D eigenvalue weighted by molar-refractivity contribution is -0.124. The monoisotopic (exact) mass is 204 g/mol. The van der Waals surface area contributed by atoms with Crippen LogP contribution in [-0.4, -0.2) is 5.78 Å². The van der Waals surface area contributed by atoms with Crippen molar-refractivity contribution in [1.82, 2.24) is 0 Å². The summed E-state index contributed by atoms with van der Waals surface area (Å²) >= 11 is 0. The van der Waals surface area contributed by atoms with E-state index in [-0.39, 0.29) is 11.8 Å². The summed E-state index contributed by atoms with van der Waals surface area (Å²) in [6.07, 6.45) is 0. The zero-order valence-electron chi connectivity index (χ0n) is 10.0. The Balaban J connectivity index is 2.99. The molecule has 0 bridgehead atoms. The highest BCUT2D eigenvalue weighted by molar-refractivity contribution is 5.87. The summed E-state index contributed by atoms with van der Waals surface area (Å²) in [5.41, 5.74) is 1.14. The van der Waals surface area contributed by atoms with Crippen molar-refractivity contribution < 1.29 is 4.79 Å². The molecule has 15 heavy (non-hydrogen) atoms. The first-order valence-corrected chi connectivity index (χ1v) is 5.62. The Kier molecular flexibility index (Phi) is 4.07. The van der Waals surface area contributed by atoms with Gasteiger partial charge in [0.1, 0.15) is 5.78 Å². The number of rotatable bonds is 4. The second-order valence-electron chi connectivity index (χ2n) is 4.69. The van der Waals surface area contributed by atoms with Crippen LogP contribution in [0.25, 0.3) is 0 Å². The quantitative estimate of drug-likeness (QED) is 0.731. The number of Topliss-reactive ketones (excluding diaryl/α,β-unsaturated/α-hetero) is 1. The Morgan fingerprint density at radius 2 is 1.53 bits per heavy atom. The molecule has 0 aliphatic heterocycles. The Hall–Kier alpha value is -1.11. The lowest BCUT2D eigenvalue weighted by Crippen LogP contribution is -2.22. The van der Waals surface area contributed by atoms with E-state index in [0.717, 1.165) is 5.56 Å². The molecule has 0 spiro atoms. The molecule has 0 saturated carbocycles. The van der Waals surface area contributed by atoms with Crippen LogP contribution in [-0.2, 0) is 4.79 Å². The first-order chi connectivity index (χ1) is 7.04. The normalized spacial score (nSPS) is 13.2. The first-order valence-electron chi connectivity index (χ1n) is 5.62. The van der Waals surface area contributed by atoms with E-state index in [1.165, 1.54) is 0 Å². The van der Waals surface area contributed by atoms with Crippen LogP contribution in [0, 0.1) is 11.8 Å². The number of hydrogen-bond donors (Lipinski definition) is 0. The molecule has 1 aromatic rings. The third kappa shape index (κ3) is 2.92. The first kappa shape index (κ1) is 12.0. The van der Waals surface area contributed by atoms with Crippen LogP contribution in [0.2, 0.25) is 0 Å². The fourth-order valence-electron chi connectivity index (χ4n) is 1.90. The van der Waals surface area contributed by atoms with Crippen LogP contribution < -0.4 is 0 Å². The van der Waals surface area contributed by atoms with Gasteiger partial charge in [0.25, 0.3) is 0 Å². The van der Waals surface area contributed by atoms with E-state index in [9.17, 15) is 4.79 Å². The molecule has 0 aromatic heterocycles. The summed E-state index contributed by atoms with van der Waals surface area (Å²) in [7, 11) is 0. The lowest BCUT2D eigenvalue weighted by atomic mass is 9.81. The van der Waals surface area contributed by atoms with Crippen molar-refractivity contribution in [3.63, 3.8) is 0 Å². The molecule has 0 amide bonds. The van der Waals surface area contributed by atoms with Gasteiger partial charge in [0.15, 0.2) is 0 Å². The number of hydrogen-bond acceptors (Lipinski definition) is 1. The molecule has 82 valence electrons. The van der Waals surface area contributed by atoms with Gasteiger partial charge in [0.05, 0.1) is 0 Å². The zero-order chi connectivity index (χ0) is 11.4. The Labute approximate surface area is 92.5 Å². The summed E-state index contributed by atoms with van der Waals surface area (Å²) in [5, 5.41) is 0. The minimum absolute atomic E-state index is 0.0474. The van der Waals surface area contributed by atoms with Gasteiger partial charge < -0.3 is 0 Å². The predicted octanol–water partition coefficient (Wildman–Crippen LogP) is 3.65. The molecule has 0 fully saturated rings. The molecular weight excluding hydrogens is 184 g/mol. The third-order valence-electron chi connectivity index (χ3n) is 2.70. The molecule has 0 aliphatic carbocycles. The van der Waals surface area contributed by atoms with Gasteiger partial charge >= 0.3 is 0 Å². The number of carbonyl (C=O) groups excluding carboxylic acids is 1. The molecule has 1 nitrogen and oxygen atoms in total. The van der Waals surface area contributed by atoms with Gasteiger partial charge in [-0.05, 0) is 11.5 Å². The molecule has 0 radical (unpaired) electrons. The van der Waals surface area contributed by atoms with Gasteiger partial charge in [-0.2, -0.15) is 0 Å². The molecule has 1 rings (SSSR count). The summed E-state index contributed by atoms with van der Waals surface area (Å²) in [5.74, 6) is 0.863. The number of benzene rings is 1.